The van der Waals surface area contributed by atoms with Gasteiger partial charge in [0.15, 0.2) is 0 Å². The summed E-state index contributed by atoms with van der Waals surface area (Å²) in [5, 5.41) is 2.70. The van der Waals surface area contributed by atoms with Crippen LogP contribution in [-0.4, -0.2) is 43.0 Å². The first kappa shape index (κ1) is 14.5. The molecular formula is C13H27N3O. The Balaban J connectivity index is 2.77. The highest BCUT2D eigenvalue weighted by atomic mass is 16.1. The van der Waals surface area contributed by atoms with Crippen molar-refractivity contribution < 1.29 is 4.79 Å². The van der Waals surface area contributed by atoms with E-state index in [4.69, 9.17) is 5.73 Å². The fourth-order valence-electron chi connectivity index (χ4n) is 3.10. The Kier molecular flexibility index (Phi) is 5.40. The molecule has 1 rings (SSSR count). The molecule has 0 aliphatic heterocycles. The van der Waals surface area contributed by atoms with Crippen LogP contribution in [0.2, 0.25) is 0 Å². The fraction of sp³-hybridized carbons (Fsp3) is 0.923. The summed E-state index contributed by atoms with van der Waals surface area (Å²) in [5.74, 6) is 0.795. The molecule has 17 heavy (non-hydrogen) atoms. The minimum Gasteiger partial charge on any atom is -0.358 e. The van der Waals surface area contributed by atoms with Crippen molar-refractivity contribution in [2.75, 3.05) is 26.7 Å². The first-order valence-electron chi connectivity index (χ1n) is 6.73. The smallest absolute Gasteiger partial charge is 0.233 e. The Bertz CT molecular complexity index is 257. The molecule has 0 radical (unpaired) electrons. The zero-order chi connectivity index (χ0) is 12.9. The van der Waals surface area contributed by atoms with Crippen LogP contribution in [0.15, 0.2) is 0 Å². The third kappa shape index (κ3) is 3.42. The SMILES string of the molecule is CCN(CC(=O)NC)C1(CN)CCCC(C)C1. The van der Waals surface area contributed by atoms with Crippen molar-refractivity contribution in [3.05, 3.63) is 0 Å². The van der Waals surface area contributed by atoms with Crippen LogP contribution in [0, 0.1) is 5.92 Å². The number of carbonyl (C=O) groups is 1. The molecule has 1 amide bonds. The van der Waals surface area contributed by atoms with Gasteiger partial charge in [-0.3, -0.25) is 9.69 Å². The average Bonchev–Trinajstić information content (AvgIpc) is 2.35. The molecule has 0 spiro atoms. The summed E-state index contributed by atoms with van der Waals surface area (Å²) in [6, 6.07) is 0. The van der Waals surface area contributed by atoms with E-state index < -0.39 is 0 Å². The zero-order valence-corrected chi connectivity index (χ0v) is 11.5. The molecule has 4 nitrogen and oxygen atoms in total. The minimum absolute atomic E-state index is 0.0406. The Labute approximate surface area is 105 Å². The third-order valence-electron chi connectivity index (χ3n) is 4.11. The molecule has 0 saturated heterocycles. The minimum atomic E-state index is 0.0406. The molecule has 0 aromatic carbocycles. The van der Waals surface area contributed by atoms with Crippen LogP contribution in [-0.2, 0) is 4.79 Å². The van der Waals surface area contributed by atoms with E-state index >= 15 is 0 Å². The number of carbonyl (C=O) groups excluding carboxylic acids is 1. The summed E-state index contributed by atoms with van der Waals surface area (Å²) in [4.78, 5) is 13.8. The van der Waals surface area contributed by atoms with Crippen molar-refractivity contribution in [1.29, 1.82) is 0 Å². The lowest BCUT2D eigenvalue weighted by atomic mass is 9.75. The molecule has 0 bridgehead atoms. The van der Waals surface area contributed by atoms with Crippen molar-refractivity contribution in [1.82, 2.24) is 10.2 Å². The summed E-state index contributed by atoms with van der Waals surface area (Å²) in [7, 11) is 1.69. The molecule has 4 heteroatoms. The van der Waals surface area contributed by atoms with Crippen LogP contribution in [0.25, 0.3) is 0 Å². The van der Waals surface area contributed by atoms with Crippen LogP contribution in [0.5, 0.6) is 0 Å². The molecule has 0 aromatic rings. The summed E-state index contributed by atoms with van der Waals surface area (Å²) in [5.41, 5.74) is 6.06. The summed E-state index contributed by atoms with van der Waals surface area (Å²) < 4.78 is 0. The number of nitrogens with two attached hydrogens (primary N) is 1. The number of hydrogen-bond donors (Lipinski definition) is 2. The zero-order valence-electron chi connectivity index (χ0n) is 11.5. The predicted octanol–water partition coefficient (Wildman–Crippen LogP) is 0.962. The molecule has 2 unspecified atom stereocenters. The number of nitrogens with zero attached hydrogens (tertiary/aromatic N) is 1. The van der Waals surface area contributed by atoms with Crippen LogP contribution in [0.4, 0.5) is 0 Å². The van der Waals surface area contributed by atoms with Gasteiger partial charge >= 0.3 is 0 Å². The number of hydrogen-bond acceptors (Lipinski definition) is 3. The molecule has 2 atom stereocenters. The van der Waals surface area contributed by atoms with Crippen molar-refractivity contribution in [3.8, 4) is 0 Å². The quantitative estimate of drug-likeness (QED) is 0.754. The second-order valence-electron chi connectivity index (χ2n) is 5.32. The molecular weight excluding hydrogens is 214 g/mol. The number of amides is 1. The first-order chi connectivity index (χ1) is 8.07. The van der Waals surface area contributed by atoms with E-state index in [2.05, 4.69) is 24.1 Å². The molecule has 3 N–H and O–H groups in total. The van der Waals surface area contributed by atoms with Gasteiger partial charge in [0, 0.05) is 19.1 Å². The van der Waals surface area contributed by atoms with Gasteiger partial charge in [0.2, 0.25) is 5.91 Å². The molecule has 1 aliphatic rings. The van der Waals surface area contributed by atoms with Crippen LogP contribution >= 0.6 is 0 Å². The van der Waals surface area contributed by atoms with Crippen molar-refractivity contribution in [2.45, 2.75) is 45.1 Å². The lowest BCUT2D eigenvalue weighted by Crippen LogP contribution is -2.58. The normalized spacial score (nSPS) is 29.4. The standard InChI is InChI=1S/C13H27N3O/c1-4-16(9-12(17)15-3)13(10-14)7-5-6-11(2)8-13/h11H,4-10,14H2,1-3H3,(H,15,17). The lowest BCUT2D eigenvalue weighted by Gasteiger charge is -2.47. The fourth-order valence-corrected chi connectivity index (χ4v) is 3.10. The molecule has 0 heterocycles. The first-order valence-corrected chi connectivity index (χ1v) is 6.73. The van der Waals surface area contributed by atoms with Gasteiger partial charge in [0.05, 0.1) is 6.54 Å². The van der Waals surface area contributed by atoms with Gasteiger partial charge in [0.25, 0.3) is 0 Å². The molecule has 100 valence electrons. The molecule has 1 fully saturated rings. The highest BCUT2D eigenvalue weighted by Gasteiger charge is 2.38. The second-order valence-corrected chi connectivity index (χ2v) is 5.32. The average molecular weight is 241 g/mol. The Morgan fingerprint density at radius 1 is 1.59 bits per heavy atom. The van der Waals surface area contributed by atoms with Gasteiger partial charge in [0.1, 0.15) is 0 Å². The monoisotopic (exact) mass is 241 g/mol. The topological polar surface area (TPSA) is 58.4 Å². The highest BCUT2D eigenvalue weighted by molar-refractivity contribution is 5.77. The maximum Gasteiger partial charge on any atom is 0.233 e. The van der Waals surface area contributed by atoms with Crippen molar-refractivity contribution >= 4 is 5.91 Å². The van der Waals surface area contributed by atoms with Crippen LogP contribution in [0.3, 0.4) is 0 Å². The van der Waals surface area contributed by atoms with Crippen LogP contribution < -0.4 is 11.1 Å². The maximum absolute atomic E-state index is 11.6. The van der Waals surface area contributed by atoms with Gasteiger partial charge < -0.3 is 11.1 Å². The van der Waals surface area contributed by atoms with E-state index in [9.17, 15) is 4.79 Å². The number of nitrogens with one attached hydrogen (secondary N) is 1. The Hall–Kier alpha value is -0.610. The van der Waals surface area contributed by atoms with Crippen molar-refractivity contribution in [3.63, 3.8) is 0 Å². The third-order valence-corrected chi connectivity index (χ3v) is 4.11. The number of rotatable bonds is 5. The van der Waals surface area contributed by atoms with E-state index in [0.29, 0.717) is 19.0 Å². The molecule has 0 aromatic heterocycles. The summed E-state index contributed by atoms with van der Waals surface area (Å²) in [6.07, 6.45) is 4.76. The maximum atomic E-state index is 11.6. The van der Waals surface area contributed by atoms with Gasteiger partial charge in [-0.1, -0.05) is 26.7 Å². The Morgan fingerprint density at radius 3 is 2.76 bits per heavy atom. The second kappa shape index (κ2) is 6.36. The molecule has 1 saturated carbocycles. The van der Waals surface area contributed by atoms with Gasteiger partial charge in [-0.2, -0.15) is 0 Å². The van der Waals surface area contributed by atoms with E-state index in [1.165, 1.54) is 12.8 Å². The highest BCUT2D eigenvalue weighted by Crippen LogP contribution is 2.35. The predicted molar refractivity (Wildman–Crippen MR) is 70.7 cm³/mol. The molecule has 1 aliphatic carbocycles. The van der Waals surface area contributed by atoms with E-state index in [-0.39, 0.29) is 11.4 Å². The van der Waals surface area contributed by atoms with E-state index in [1.54, 1.807) is 7.05 Å². The van der Waals surface area contributed by atoms with E-state index in [0.717, 1.165) is 19.4 Å². The lowest BCUT2D eigenvalue weighted by molar-refractivity contribution is -0.124. The largest absolute Gasteiger partial charge is 0.358 e. The van der Waals surface area contributed by atoms with Gasteiger partial charge in [-0.25, -0.2) is 0 Å². The van der Waals surface area contributed by atoms with Gasteiger partial charge in [-0.05, 0) is 25.3 Å². The van der Waals surface area contributed by atoms with E-state index in [1.807, 2.05) is 0 Å². The van der Waals surface area contributed by atoms with Crippen LogP contribution in [0.1, 0.15) is 39.5 Å². The Morgan fingerprint density at radius 2 is 2.29 bits per heavy atom. The summed E-state index contributed by atoms with van der Waals surface area (Å²) in [6.45, 7) is 6.41. The number of likely N-dealkylation sites (N-methyl/N-ethyl adjacent to an activating group) is 2. The van der Waals surface area contributed by atoms with Crippen molar-refractivity contribution in [2.24, 2.45) is 11.7 Å². The summed E-state index contributed by atoms with van der Waals surface area (Å²) >= 11 is 0. The van der Waals surface area contributed by atoms with Gasteiger partial charge in [-0.15, -0.1) is 0 Å².